The van der Waals surface area contributed by atoms with Crippen molar-refractivity contribution in [2.24, 2.45) is 0 Å². The highest BCUT2D eigenvalue weighted by Gasteiger charge is 2.35. The molecule has 5 rings (SSSR count). The van der Waals surface area contributed by atoms with E-state index in [1.165, 1.54) is 27.8 Å². The summed E-state index contributed by atoms with van der Waals surface area (Å²) in [6.07, 6.45) is 2.03. The molecule has 2 heterocycles. The Kier molecular flexibility index (Phi) is 2.47. The molecule has 2 aromatic rings. The van der Waals surface area contributed by atoms with E-state index in [-0.39, 0.29) is 0 Å². The monoisotopic (exact) mass is 295 g/mol. The van der Waals surface area contributed by atoms with Gasteiger partial charge in [0.1, 0.15) is 5.75 Å². The average molecular weight is 295 g/mol. The summed E-state index contributed by atoms with van der Waals surface area (Å²) in [7, 11) is 1.71. The van der Waals surface area contributed by atoms with Gasteiger partial charge in [-0.05, 0) is 59.8 Å². The summed E-state index contributed by atoms with van der Waals surface area (Å²) >= 11 is 0. The van der Waals surface area contributed by atoms with Crippen LogP contribution in [0.25, 0.3) is 11.1 Å². The van der Waals surface area contributed by atoms with Crippen molar-refractivity contribution in [2.75, 3.05) is 20.4 Å². The van der Waals surface area contributed by atoms with Crippen LogP contribution in [0.2, 0.25) is 0 Å². The van der Waals surface area contributed by atoms with Gasteiger partial charge in [0.25, 0.3) is 0 Å². The minimum absolute atomic E-state index is 0.314. The fourth-order valence-corrected chi connectivity index (χ4v) is 3.97. The first-order valence-electron chi connectivity index (χ1n) is 7.71. The second-order valence-electron chi connectivity index (χ2n) is 6.04. The number of hydrogen-bond donors (Lipinski definition) is 1. The van der Waals surface area contributed by atoms with E-state index in [4.69, 9.17) is 14.2 Å². The highest BCUT2D eigenvalue weighted by atomic mass is 16.7. The van der Waals surface area contributed by atoms with E-state index < -0.39 is 0 Å². The highest BCUT2D eigenvalue weighted by molar-refractivity contribution is 5.84. The van der Waals surface area contributed by atoms with E-state index >= 15 is 0 Å². The molecule has 2 aromatic carbocycles. The maximum absolute atomic E-state index is 5.80. The van der Waals surface area contributed by atoms with E-state index in [1.54, 1.807) is 7.11 Å². The summed E-state index contributed by atoms with van der Waals surface area (Å²) in [5.41, 5.74) is 6.56. The van der Waals surface area contributed by atoms with Crippen molar-refractivity contribution in [2.45, 2.75) is 18.9 Å². The standard InChI is InChI=1S/C18H17NO3/c1-20-12-2-3-13-11(6-12)7-14-16-10(4-5-19-14)8-15-18(17(13)16)22-9-21-15/h2-3,6,8,14,19H,4-5,7,9H2,1H3/t14-/m0/s1. The summed E-state index contributed by atoms with van der Waals surface area (Å²) in [6.45, 7) is 1.32. The Morgan fingerprint density at radius 3 is 3.05 bits per heavy atom. The zero-order valence-corrected chi connectivity index (χ0v) is 12.4. The van der Waals surface area contributed by atoms with Gasteiger partial charge < -0.3 is 19.5 Å². The zero-order valence-electron chi connectivity index (χ0n) is 12.4. The van der Waals surface area contributed by atoms with Gasteiger partial charge in [-0.2, -0.15) is 0 Å². The molecule has 0 aromatic heterocycles. The fourth-order valence-electron chi connectivity index (χ4n) is 3.97. The Labute approximate surface area is 129 Å². The Hall–Kier alpha value is -2.20. The topological polar surface area (TPSA) is 39.7 Å². The van der Waals surface area contributed by atoms with E-state index in [1.807, 2.05) is 6.07 Å². The first kappa shape index (κ1) is 12.4. The minimum Gasteiger partial charge on any atom is -0.497 e. The molecule has 1 atom stereocenters. The predicted molar refractivity (Wildman–Crippen MR) is 82.7 cm³/mol. The number of methoxy groups -OCH3 is 1. The fraction of sp³-hybridized carbons (Fsp3) is 0.333. The van der Waals surface area contributed by atoms with Crippen molar-refractivity contribution >= 4 is 0 Å². The minimum atomic E-state index is 0.314. The van der Waals surface area contributed by atoms with Crippen LogP contribution < -0.4 is 19.5 Å². The molecule has 0 spiro atoms. The number of fused-ring (bicyclic) bond motifs is 4. The van der Waals surface area contributed by atoms with Gasteiger partial charge in [0.15, 0.2) is 11.5 Å². The molecule has 0 bridgehead atoms. The highest BCUT2D eigenvalue weighted by Crippen LogP contribution is 2.52. The first-order chi connectivity index (χ1) is 10.8. The van der Waals surface area contributed by atoms with Crippen LogP contribution in [0.3, 0.4) is 0 Å². The molecule has 0 amide bonds. The van der Waals surface area contributed by atoms with Gasteiger partial charge in [0, 0.05) is 11.6 Å². The SMILES string of the molecule is COc1ccc2c(c1)C[C@@H]1NCCc3cc4c(c-2c31)OCO4. The number of benzene rings is 2. The lowest BCUT2D eigenvalue weighted by Crippen LogP contribution is -2.33. The van der Waals surface area contributed by atoms with Crippen LogP contribution in [0.4, 0.5) is 0 Å². The molecule has 1 N–H and O–H groups in total. The summed E-state index contributed by atoms with van der Waals surface area (Å²) in [5, 5.41) is 3.65. The van der Waals surface area contributed by atoms with Gasteiger partial charge in [0.2, 0.25) is 6.79 Å². The zero-order chi connectivity index (χ0) is 14.7. The van der Waals surface area contributed by atoms with Gasteiger partial charge in [-0.15, -0.1) is 0 Å². The summed E-state index contributed by atoms with van der Waals surface area (Å²) < 4.78 is 16.9. The van der Waals surface area contributed by atoms with Crippen molar-refractivity contribution in [3.63, 3.8) is 0 Å². The third kappa shape index (κ3) is 1.56. The van der Waals surface area contributed by atoms with Gasteiger partial charge in [-0.25, -0.2) is 0 Å². The molecular weight excluding hydrogens is 278 g/mol. The van der Waals surface area contributed by atoms with Gasteiger partial charge in [0.05, 0.1) is 7.11 Å². The van der Waals surface area contributed by atoms with Crippen LogP contribution in [0.1, 0.15) is 22.7 Å². The average Bonchev–Trinajstić information content (AvgIpc) is 3.02. The molecule has 0 fully saturated rings. The third-order valence-electron chi connectivity index (χ3n) is 4.93. The van der Waals surface area contributed by atoms with E-state index in [0.717, 1.165) is 36.6 Å². The van der Waals surface area contributed by atoms with E-state index in [9.17, 15) is 0 Å². The molecule has 1 aliphatic carbocycles. The number of hydrogen-bond acceptors (Lipinski definition) is 4. The second-order valence-corrected chi connectivity index (χ2v) is 6.04. The van der Waals surface area contributed by atoms with Crippen molar-refractivity contribution < 1.29 is 14.2 Å². The molecule has 4 nitrogen and oxygen atoms in total. The maximum Gasteiger partial charge on any atom is 0.231 e. The van der Waals surface area contributed by atoms with E-state index in [2.05, 4.69) is 23.5 Å². The number of nitrogens with one attached hydrogen (secondary N) is 1. The first-order valence-corrected chi connectivity index (χ1v) is 7.71. The van der Waals surface area contributed by atoms with Crippen LogP contribution in [-0.2, 0) is 12.8 Å². The third-order valence-corrected chi connectivity index (χ3v) is 4.93. The molecule has 0 saturated heterocycles. The predicted octanol–water partition coefficient (Wildman–Crippen LogP) is 2.83. The summed E-state index contributed by atoms with van der Waals surface area (Å²) in [4.78, 5) is 0. The van der Waals surface area contributed by atoms with Crippen LogP contribution in [0.5, 0.6) is 17.2 Å². The lowest BCUT2D eigenvalue weighted by atomic mass is 9.77. The van der Waals surface area contributed by atoms with Crippen LogP contribution in [-0.4, -0.2) is 20.4 Å². The molecule has 22 heavy (non-hydrogen) atoms. The number of rotatable bonds is 1. The molecule has 4 heteroatoms. The van der Waals surface area contributed by atoms with Crippen molar-refractivity contribution in [3.05, 3.63) is 41.0 Å². The Morgan fingerprint density at radius 2 is 2.14 bits per heavy atom. The molecular formula is C18H17NO3. The summed E-state index contributed by atoms with van der Waals surface area (Å²) in [5.74, 6) is 2.69. The summed E-state index contributed by atoms with van der Waals surface area (Å²) in [6, 6.07) is 8.84. The lowest BCUT2D eigenvalue weighted by Gasteiger charge is -2.34. The molecule has 3 aliphatic rings. The molecule has 0 unspecified atom stereocenters. The van der Waals surface area contributed by atoms with Crippen LogP contribution in [0.15, 0.2) is 24.3 Å². The van der Waals surface area contributed by atoms with Crippen molar-refractivity contribution in [3.8, 4) is 28.4 Å². The van der Waals surface area contributed by atoms with Gasteiger partial charge in [-0.1, -0.05) is 6.07 Å². The lowest BCUT2D eigenvalue weighted by molar-refractivity contribution is 0.174. The largest absolute Gasteiger partial charge is 0.497 e. The van der Waals surface area contributed by atoms with Crippen LogP contribution in [0, 0.1) is 0 Å². The number of ether oxygens (including phenoxy) is 3. The van der Waals surface area contributed by atoms with Gasteiger partial charge in [-0.3, -0.25) is 0 Å². The molecule has 0 saturated carbocycles. The smallest absolute Gasteiger partial charge is 0.231 e. The molecule has 112 valence electrons. The van der Waals surface area contributed by atoms with E-state index in [0.29, 0.717) is 12.8 Å². The van der Waals surface area contributed by atoms with Crippen molar-refractivity contribution in [1.29, 1.82) is 0 Å². The molecule has 2 aliphatic heterocycles. The normalized spacial score (nSPS) is 20.3. The maximum atomic E-state index is 5.80. The van der Waals surface area contributed by atoms with Crippen molar-refractivity contribution in [1.82, 2.24) is 5.32 Å². The Balaban J connectivity index is 1.83. The molecule has 0 radical (unpaired) electrons. The second kappa shape index (κ2) is 4.40. The Morgan fingerprint density at radius 1 is 1.18 bits per heavy atom. The van der Waals surface area contributed by atoms with Gasteiger partial charge >= 0.3 is 0 Å². The quantitative estimate of drug-likeness (QED) is 0.878. The van der Waals surface area contributed by atoms with Crippen LogP contribution >= 0.6 is 0 Å². The Bertz CT molecular complexity index is 784.